The van der Waals surface area contributed by atoms with Crippen molar-refractivity contribution in [3.63, 3.8) is 0 Å². The molecular weight excluding hydrogens is 432 g/mol. The second kappa shape index (κ2) is 7.33. The second-order valence-electron chi connectivity index (χ2n) is 6.47. The normalized spacial score (nSPS) is 11.7. The molecule has 0 saturated carbocycles. The average Bonchev–Trinajstić information content (AvgIpc) is 3.22. The first-order valence-electron chi connectivity index (χ1n) is 8.57. The number of rotatable bonds is 5. The van der Waals surface area contributed by atoms with Gasteiger partial charge in [-0.05, 0) is 37.6 Å². The molecule has 10 heteroatoms. The van der Waals surface area contributed by atoms with E-state index in [4.69, 9.17) is 16.3 Å². The predicted molar refractivity (Wildman–Crippen MR) is 115 cm³/mol. The monoisotopic (exact) mass is 448 g/mol. The minimum Gasteiger partial charge on any atom is -0.495 e. The minimum absolute atomic E-state index is 0.0232. The largest absolute Gasteiger partial charge is 0.495 e. The fourth-order valence-corrected chi connectivity index (χ4v) is 5.24. The van der Waals surface area contributed by atoms with Gasteiger partial charge in [-0.1, -0.05) is 35.4 Å². The van der Waals surface area contributed by atoms with E-state index >= 15 is 0 Å². The molecule has 0 saturated heterocycles. The number of nitrogens with zero attached hydrogens (tertiary/aromatic N) is 3. The number of benzene rings is 2. The molecular formula is C19H17ClN4O3S2. The Hall–Kier alpha value is -2.62. The number of methoxy groups -OCH3 is 1. The number of nitrogens with one attached hydrogen (secondary N) is 1. The molecule has 150 valence electrons. The van der Waals surface area contributed by atoms with E-state index in [1.165, 1.54) is 36.1 Å². The van der Waals surface area contributed by atoms with E-state index in [2.05, 4.69) is 20.9 Å². The highest BCUT2D eigenvalue weighted by molar-refractivity contribution is 7.92. The standard InChI is InChI=1S/C19H17ClN4O3S2/c1-11-4-6-14(12(2)8-11)15-10-28-19-21-18(22-24(15)19)23-29(25,26)17-9-13(20)5-7-16(17)27-3/h4-10H,1-3H3,(H,22,23). The summed E-state index contributed by atoms with van der Waals surface area (Å²) in [5.74, 6) is 0.156. The molecule has 0 aliphatic rings. The Morgan fingerprint density at radius 2 is 1.97 bits per heavy atom. The Morgan fingerprint density at radius 1 is 1.17 bits per heavy atom. The maximum absolute atomic E-state index is 12.8. The highest BCUT2D eigenvalue weighted by Crippen LogP contribution is 2.31. The van der Waals surface area contributed by atoms with Crippen molar-refractivity contribution >= 4 is 43.9 Å². The van der Waals surface area contributed by atoms with Crippen molar-refractivity contribution < 1.29 is 13.2 Å². The molecule has 0 bridgehead atoms. The summed E-state index contributed by atoms with van der Waals surface area (Å²) in [6.07, 6.45) is 0. The van der Waals surface area contributed by atoms with Crippen molar-refractivity contribution in [2.45, 2.75) is 18.7 Å². The molecule has 0 aliphatic heterocycles. The first kappa shape index (κ1) is 19.7. The average molecular weight is 449 g/mol. The van der Waals surface area contributed by atoms with E-state index in [0.717, 1.165) is 16.8 Å². The molecule has 0 spiro atoms. The number of hydrogen-bond donors (Lipinski definition) is 1. The van der Waals surface area contributed by atoms with Crippen LogP contribution >= 0.6 is 22.9 Å². The Balaban J connectivity index is 1.73. The molecule has 0 unspecified atom stereocenters. The van der Waals surface area contributed by atoms with Crippen molar-refractivity contribution in [3.05, 3.63) is 57.9 Å². The summed E-state index contributed by atoms with van der Waals surface area (Å²) in [6, 6.07) is 10.5. The van der Waals surface area contributed by atoms with E-state index in [9.17, 15) is 8.42 Å². The van der Waals surface area contributed by atoms with Crippen molar-refractivity contribution in [2.24, 2.45) is 0 Å². The minimum atomic E-state index is -3.99. The summed E-state index contributed by atoms with van der Waals surface area (Å²) in [7, 11) is -2.60. The number of sulfonamides is 1. The molecule has 0 atom stereocenters. The first-order chi connectivity index (χ1) is 13.8. The Morgan fingerprint density at radius 3 is 2.69 bits per heavy atom. The van der Waals surface area contributed by atoms with Gasteiger partial charge in [0, 0.05) is 16.0 Å². The van der Waals surface area contributed by atoms with Crippen LogP contribution in [0, 0.1) is 13.8 Å². The summed E-state index contributed by atoms with van der Waals surface area (Å²) in [5.41, 5.74) is 4.13. The number of anilines is 1. The molecule has 7 nitrogen and oxygen atoms in total. The third-order valence-electron chi connectivity index (χ3n) is 4.38. The van der Waals surface area contributed by atoms with Crippen LogP contribution in [0.4, 0.5) is 5.95 Å². The number of fused-ring (bicyclic) bond motifs is 1. The van der Waals surface area contributed by atoms with Crippen LogP contribution in [0.2, 0.25) is 5.02 Å². The molecule has 0 amide bonds. The Kier molecular flexibility index (Phi) is 4.97. The van der Waals surface area contributed by atoms with Gasteiger partial charge in [0.2, 0.25) is 4.96 Å². The van der Waals surface area contributed by atoms with Crippen molar-refractivity contribution in [1.82, 2.24) is 14.6 Å². The lowest BCUT2D eigenvalue weighted by Gasteiger charge is -2.09. The van der Waals surface area contributed by atoms with Gasteiger partial charge in [-0.3, -0.25) is 0 Å². The van der Waals surface area contributed by atoms with Gasteiger partial charge in [0.25, 0.3) is 16.0 Å². The van der Waals surface area contributed by atoms with Gasteiger partial charge in [-0.25, -0.2) is 17.7 Å². The summed E-state index contributed by atoms with van der Waals surface area (Å²) in [5, 5.41) is 6.58. The van der Waals surface area contributed by atoms with Gasteiger partial charge in [-0.15, -0.1) is 16.4 Å². The van der Waals surface area contributed by atoms with E-state index in [0.29, 0.717) is 4.96 Å². The quantitative estimate of drug-likeness (QED) is 0.484. The van der Waals surface area contributed by atoms with Crippen LogP contribution in [0.25, 0.3) is 16.2 Å². The van der Waals surface area contributed by atoms with Crippen LogP contribution in [0.15, 0.2) is 46.7 Å². The number of aromatic nitrogens is 3. The van der Waals surface area contributed by atoms with Gasteiger partial charge in [-0.2, -0.15) is 4.98 Å². The molecule has 29 heavy (non-hydrogen) atoms. The summed E-state index contributed by atoms with van der Waals surface area (Å²) < 4.78 is 34.9. The van der Waals surface area contributed by atoms with E-state index in [1.54, 1.807) is 10.6 Å². The molecule has 2 aromatic heterocycles. The van der Waals surface area contributed by atoms with E-state index in [-0.39, 0.29) is 21.6 Å². The Labute approximate surface area is 177 Å². The van der Waals surface area contributed by atoms with E-state index in [1.807, 2.05) is 31.4 Å². The third-order valence-corrected chi connectivity index (χ3v) is 6.78. The summed E-state index contributed by atoms with van der Waals surface area (Å²) in [4.78, 5) is 4.80. The molecule has 1 N–H and O–H groups in total. The highest BCUT2D eigenvalue weighted by Gasteiger charge is 2.23. The maximum atomic E-state index is 12.8. The van der Waals surface area contributed by atoms with Crippen LogP contribution in [-0.2, 0) is 10.0 Å². The molecule has 0 radical (unpaired) electrons. The van der Waals surface area contributed by atoms with Crippen molar-refractivity contribution in [1.29, 1.82) is 0 Å². The molecule has 2 aromatic carbocycles. The number of ether oxygens (including phenoxy) is 1. The van der Waals surface area contributed by atoms with Gasteiger partial charge in [0.15, 0.2) is 0 Å². The summed E-state index contributed by atoms with van der Waals surface area (Å²) in [6.45, 7) is 4.06. The van der Waals surface area contributed by atoms with Crippen LogP contribution < -0.4 is 9.46 Å². The van der Waals surface area contributed by atoms with Crippen LogP contribution in [-0.4, -0.2) is 30.1 Å². The Bertz CT molecular complexity index is 1330. The van der Waals surface area contributed by atoms with Crippen LogP contribution in [0.5, 0.6) is 5.75 Å². The molecule has 0 aliphatic carbocycles. The molecule has 0 fully saturated rings. The molecule has 4 rings (SSSR count). The van der Waals surface area contributed by atoms with E-state index < -0.39 is 10.0 Å². The lowest BCUT2D eigenvalue weighted by atomic mass is 10.0. The second-order valence-corrected chi connectivity index (χ2v) is 9.39. The zero-order valence-corrected chi connectivity index (χ0v) is 18.2. The zero-order chi connectivity index (χ0) is 20.8. The highest BCUT2D eigenvalue weighted by atomic mass is 35.5. The van der Waals surface area contributed by atoms with Gasteiger partial charge in [0.1, 0.15) is 10.6 Å². The zero-order valence-electron chi connectivity index (χ0n) is 15.8. The SMILES string of the molecule is COc1ccc(Cl)cc1S(=O)(=O)Nc1nc2scc(-c3ccc(C)cc3C)n2n1. The van der Waals surface area contributed by atoms with Gasteiger partial charge < -0.3 is 4.74 Å². The molecule has 2 heterocycles. The van der Waals surface area contributed by atoms with Crippen LogP contribution in [0.3, 0.4) is 0 Å². The predicted octanol–water partition coefficient (Wildman–Crippen LogP) is 4.54. The fraction of sp³-hybridized carbons (Fsp3) is 0.158. The fourth-order valence-electron chi connectivity index (χ4n) is 3.05. The number of hydrogen-bond acceptors (Lipinski definition) is 6. The topological polar surface area (TPSA) is 85.6 Å². The van der Waals surface area contributed by atoms with Crippen molar-refractivity contribution in [2.75, 3.05) is 11.8 Å². The van der Waals surface area contributed by atoms with Crippen LogP contribution in [0.1, 0.15) is 11.1 Å². The number of thiazole rings is 1. The number of aryl methyl sites for hydroxylation is 2. The van der Waals surface area contributed by atoms with Gasteiger partial charge in [0.05, 0.1) is 12.8 Å². The third kappa shape index (κ3) is 3.68. The summed E-state index contributed by atoms with van der Waals surface area (Å²) >= 11 is 7.35. The smallest absolute Gasteiger partial charge is 0.268 e. The van der Waals surface area contributed by atoms with Crippen molar-refractivity contribution in [3.8, 4) is 17.0 Å². The number of halogens is 1. The maximum Gasteiger partial charge on any atom is 0.268 e. The lowest BCUT2D eigenvalue weighted by molar-refractivity contribution is 0.403. The first-order valence-corrected chi connectivity index (χ1v) is 11.3. The van der Waals surface area contributed by atoms with Gasteiger partial charge >= 0.3 is 0 Å². The lowest BCUT2D eigenvalue weighted by Crippen LogP contribution is -2.15. The molecule has 4 aromatic rings.